The van der Waals surface area contributed by atoms with E-state index < -0.39 is 9.84 Å². The first kappa shape index (κ1) is 22.9. The average Bonchev–Trinajstić information content (AvgIpc) is 3.47. The van der Waals surface area contributed by atoms with Crippen molar-refractivity contribution in [2.45, 2.75) is 50.7 Å². The minimum atomic E-state index is -3.32. The van der Waals surface area contributed by atoms with Gasteiger partial charge in [-0.1, -0.05) is 47.8 Å². The first-order valence-electron chi connectivity index (χ1n) is 11.5. The van der Waals surface area contributed by atoms with Crippen LogP contribution in [0.2, 0.25) is 0 Å². The second-order valence-corrected chi connectivity index (χ2v) is 11.2. The predicted octanol–water partition coefficient (Wildman–Crippen LogP) is 2.48. The number of benzene rings is 1. The lowest BCUT2D eigenvalue weighted by Gasteiger charge is -2.34. The van der Waals surface area contributed by atoms with Crippen molar-refractivity contribution in [3.8, 4) is 11.4 Å². The third-order valence-corrected chi connectivity index (χ3v) is 8.64. The highest BCUT2D eigenvalue weighted by molar-refractivity contribution is 7.92. The Hall–Kier alpha value is -2.26. The molecule has 8 nitrogen and oxygen atoms in total. The highest BCUT2D eigenvalue weighted by Gasteiger charge is 2.32. The molecule has 0 atom stereocenters. The van der Waals surface area contributed by atoms with Crippen LogP contribution in [0.4, 0.5) is 0 Å². The van der Waals surface area contributed by atoms with E-state index >= 15 is 0 Å². The fraction of sp³-hybridized carbons (Fsp3) is 0.609. The van der Waals surface area contributed by atoms with Crippen LogP contribution in [0.5, 0.6) is 0 Å². The lowest BCUT2D eigenvalue weighted by atomic mass is 10.1. The van der Waals surface area contributed by atoms with Crippen molar-refractivity contribution >= 4 is 15.7 Å². The molecule has 0 unspecified atom stereocenters. The average molecular weight is 461 g/mol. The molecule has 174 valence electrons. The molecular formula is C23H32N4O4S. The molecule has 2 aliphatic rings. The summed E-state index contributed by atoms with van der Waals surface area (Å²) in [5, 5.41) is 3.76. The summed E-state index contributed by atoms with van der Waals surface area (Å²) in [6.07, 6.45) is 4.91. The zero-order chi connectivity index (χ0) is 22.6. The van der Waals surface area contributed by atoms with Gasteiger partial charge in [0.2, 0.25) is 17.6 Å². The van der Waals surface area contributed by atoms with Crippen LogP contribution in [0, 0.1) is 6.92 Å². The summed E-state index contributed by atoms with van der Waals surface area (Å²) in [6, 6.07) is 8.04. The predicted molar refractivity (Wildman–Crippen MR) is 122 cm³/mol. The first-order valence-corrected chi connectivity index (χ1v) is 13.2. The molecule has 2 heterocycles. The first-order chi connectivity index (χ1) is 15.4. The molecule has 0 bridgehead atoms. The number of aromatic nitrogens is 2. The van der Waals surface area contributed by atoms with Crippen molar-refractivity contribution in [2.75, 3.05) is 38.5 Å². The molecule has 0 spiro atoms. The van der Waals surface area contributed by atoms with Crippen molar-refractivity contribution in [3.05, 3.63) is 35.7 Å². The van der Waals surface area contributed by atoms with Gasteiger partial charge in [0.15, 0.2) is 9.84 Å². The van der Waals surface area contributed by atoms with Gasteiger partial charge in [-0.05, 0) is 32.7 Å². The van der Waals surface area contributed by atoms with Gasteiger partial charge in [-0.15, -0.1) is 0 Å². The maximum atomic E-state index is 12.5. The standard InChI is InChI=1S/C23H32N4O4S/c1-18-8-10-19(11-9-18)23-24-21(31-25-23)7-4-12-26-13-15-27(16-14-26)22(28)17-32(29,30)20-5-2-3-6-20/h8-11,20H,2-7,12-17H2,1H3. The number of nitrogens with zero attached hydrogens (tertiary/aromatic N) is 4. The van der Waals surface area contributed by atoms with Gasteiger partial charge in [-0.25, -0.2) is 8.42 Å². The number of carbonyl (C=O) groups is 1. The van der Waals surface area contributed by atoms with Gasteiger partial charge in [0.1, 0.15) is 5.75 Å². The monoisotopic (exact) mass is 460 g/mol. The smallest absolute Gasteiger partial charge is 0.237 e. The molecule has 2 aromatic rings. The van der Waals surface area contributed by atoms with Gasteiger partial charge in [0.05, 0.1) is 5.25 Å². The van der Waals surface area contributed by atoms with E-state index in [1.807, 2.05) is 31.2 Å². The molecule has 1 amide bonds. The van der Waals surface area contributed by atoms with Crippen LogP contribution < -0.4 is 0 Å². The molecule has 1 saturated carbocycles. The summed E-state index contributed by atoms with van der Waals surface area (Å²) < 4.78 is 30.3. The van der Waals surface area contributed by atoms with Gasteiger partial charge in [-0.3, -0.25) is 9.69 Å². The van der Waals surface area contributed by atoms with Crippen molar-refractivity contribution in [2.24, 2.45) is 0 Å². The fourth-order valence-electron chi connectivity index (χ4n) is 4.48. The maximum Gasteiger partial charge on any atom is 0.237 e. The largest absolute Gasteiger partial charge is 0.339 e. The molecule has 1 aromatic carbocycles. The number of carbonyl (C=O) groups excluding carboxylic acids is 1. The molecule has 1 aliphatic heterocycles. The van der Waals surface area contributed by atoms with Gasteiger partial charge in [0, 0.05) is 38.2 Å². The Morgan fingerprint density at radius 2 is 1.78 bits per heavy atom. The van der Waals surface area contributed by atoms with Gasteiger partial charge in [0.25, 0.3) is 0 Å². The number of piperazine rings is 1. The molecule has 0 radical (unpaired) electrons. The molecule has 0 N–H and O–H groups in total. The quantitative estimate of drug-likeness (QED) is 0.597. The lowest BCUT2D eigenvalue weighted by molar-refractivity contribution is -0.130. The number of aryl methyl sites for hydroxylation is 2. The van der Waals surface area contributed by atoms with Crippen molar-refractivity contribution in [1.29, 1.82) is 0 Å². The molecule has 1 aliphatic carbocycles. The van der Waals surface area contributed by atoms with E-state index in [-0.39, 0.29) is 16.9 Å². The van der Waals surface area contributed by atoms with Gasteiger partial charge < -0.3 is 9.42 Å². The number of hydrogen-bond acceptors (Lipinski definition) is 7. The topological polar surface area (TPSA) is 96.6 Å². The number of sulfone groups is 1. The summed E-state index contributed by atoms with van der Waals surface area (Å²) in [5.41, 5.74) is 2.14. The molecule has 32 heavy (non-hydrogen) atoms. The van der Waals surface area contributed by atoms with Crippen molar-refractivity contribution in [3.63, 3.8) is 0 Å². The Balaban J connectivity index is 1.18. The number of rotatable bonds is 8. The summed E-state index contributed by atoms with van der Waals surface area (Å²) >= 11 is 0. The summed E-state index contributed by atoms with van der Waals surface area (Å²) in [4.78, 5) is 21.0. The van der Waals surface area contributed by atoms with Crippen LogP contribution in [-0.4, -0.2) is 78.0 Å². The summed E-state index contributed by atoms with van der Waals surface area (Å²) in [7, 11) is -3.32. The number of amides is 1. The molecule has 4 rings (SSSR count). The van der Waals surface area contributed by atoms with E-state index in [1.165, 1.54) is 5.56 Å². The van der Waals surface area contributed by atoms with Crippen LogP contribution >= 0.6 is 0 Å². The summed E-state index contributed by atoms with van der Waals surface area (Å²) in [6.45, 7) is 5.60. The van der Waals surface area contributed by atoms with Crippen molar-refractivity contribution in [1.82, 2.24) is 19.9 Å². The maximum absolute atomic E-state index is 12.5. The van der Waals surface area contributed by atoms with Gasteiger partial charge in [-0.2, -0.15) is 4.98 Å². The van der Waals surface area contributed by atoms with Crippen LogP contribution in [0.3, 0.4) is 0 Å². The zero-order valence-corrected chi connectivity index (χ0v) is 19.5. The summed E-state index contributed by atoms with van der Waals surface area (Å²) in [5.74, 6) is 0.662. The third-order valence-electron chi connectivity index (χ3n) is 6.50. The van der Waals surface area contributed by atoms with Crippen LogP contribution in [0.1, 0.15) is 43.6 Å². The SMILES string of the molecule is Cc1ccc(-c2noc(CCCN3CCN(C(=O)CS(=O)(=O)C4CCCC4)CC3)n2)cc1. The van der Waals surface area contributed by atoms with Crippen LogP contribution in [-0.2, 0) is 21.1 Å². The van der Waals surface area contributed by atoms with E-state index in [0.29, 0.717) is 44.1 Å². The zero-order valence-electron chi connectivity index (χ0n) is 18.7. The Labute approximate surface area is 189 Å². The Bertz CT molecular complexity index is 1000. The van der Waals surface area contributed by atoms with Crippen molar-refractivity contribution < 1.29 is 17.7 Å². The number of hydrogen-bond donors (Lipinski definition) is 0. The highest BCUT2D eigenvalue weighted by atomic mass is 32.2. The molecule has 1 saturated heterocycles. The Morgan fingerprint density at radius 1 is 1.09 bits per heavy atom. The van der Waals surface area contributed by atoms with Gasteiger partial charge >= 0.3 is 0 Å². The Kier molecular flexibility index (Phi) is 7.25. The van der Waals surface area contributed by atoms with E-state index in [1.54, 1.807) is 4.90 Å². The van der Waals surface area contributed by atoms with E-state index in [0.717, 1.165) is 44.5 Å². The fourth-order valence-corrected chi connectivity index (χ4v) is 6.29. The minimum absolute atomic E-state index is 0.244. The van der Waals surface area contributed by atoms with E-state index in [9.17, 15) is 13.2 Å². The second kappa shape index (κ2) is 10.1. The highest BCUT2D eigenvalue weighted by Crippen LogP contribution is 2.25. The molecular weight excluding hydrogens is 428 g/mol. The molecule has 9 heteroatoms. The molecule has 1 aromatic heterocycles. The van der Waals surface area contributed by atoms with Crippen LogP contribution in [0.25, 0.3) is 11.4 Å². The normalized spacial score (nSPS) is 18.3. The second-order valence-electron chi connectivity index (χ2n) is 8.92. The van der Waals surface area contributed by atoms with E-state index in [2.05, 4.69) is 15.0 Å². The lowest BCUT2D eigenvalue weighted by Crippen LogP contribution is -2.50. The molecule has 2 fully saturated rings. The van der Waals surface area contributed by atoms with Crippen LogP contribution in [0.15, 0.2) is 28.8 Å². The Morgan fingerprint density at radius 3 is 2.47 bits per heavy atom. The minimum Gasteiger partial charge on any atom is -0.339 e. The third kappa shape index (κ3) is 5.75. The van der Waals surface area contributed by atoms with E-state index in [4.69, 9.17) is 4.52 Å².